The van der Waals surface area contributed by atoms with E-state index in [0.29, 0.717) is 19.7 Å². The molecule has 0 aliphatic carbocycles. The van der Waals surface area contributed by atoms with E-state index in [1.54, 1.807) is 0 Å². The van der Waals surface area contributed by atoms with E-state index >= 15 is 0 Å². The van der Waals surface area contributed by atoms with Crippen molar-refractivity contribution in [1.29, 1.82) is 0 Å². The predicted octanol–water partition coefficient (Wildman–Crippen LogP) is -0.211. The number of ether oxygens (including phenoxy) is 1. The molecular formula is C10H20N2O3. The highest BCUT2D eigenvalue weighted by Crippen LogP contribution is 1.94. The highest BCUT2D eigenvalue weighted by Gasteiger charge is 2.05. The monoisotopic (exact) mass is 216 g/mol. The van der Waals surface area contributed by atoms with Gasteiger partial charge in [-0.2, -0.15) is 0 Å². The molecule has 0 aliphatic rings. The molecule has 0 spiro atoms. The number of likely N-dealkylation sites (N-methyl/N-ethyl adjacent to an activating group) is 1. The second kappa shape index (κ2) is 8.38. The molecule has 0 saturated carbocycles. The molecule has 0 aromatic heterocycles. The van der Waals surface area contributed by atoms with E-state index < -0.39 is 0 Å². The summed E-state index contributed by atoms with van der Waals surface area (Å²) in [5, 5.41) is 0. The largest absolute Gasteiger partial charge is 0.464 e. The molecule has 0 fully saturated rings. The topological polar surface area (TPSA) is 72.6 Å². The number of hydrogen-bond acceptors (Lipinski definition) is 5. The Morgan fingerprint density at radius 2 is 1.93 bits per heavy atom. The quantitative estimate of drug-likeness (QED) is 0.568. The van der Waals surface area contributed by atoms with Crippen LogP contribution >= 0.6 is 0 Å². The smallest absolute Gasteiger partial charge is 0.306 e. The zero-order valence-electron chi connectivity index (χ0n) is 9.49. The van der Waals surface area contributed by atoms with Crippen molar-refractivity contribution in [2.75, 3.05) is 33.3 Å². The van der Waals surface area contributed by atoms with Crippen LogP contribution in [0.5, 0.6) is 0 Å². The van der Waals surface area contributed by atoms with Gasteiger partial charge in [-0.25, -0.2) is 0 Å². The summed E-state index contributed by atoms with van der Waals surface area (Å²) in [6, 6.07) is 0. The van der Waals surface area contributed by atoms with Crippen LogP contribution in [0.3, 0.4) is 0 Å². The van der Waals surface area contributed by atoms with E-state index in [-0.39, 0.29) is 24.6 Å². The summed E-state index contributed by atoms with van der Waals surface area (Å²) in [6.07, 6.45) is 0.438. The fourth-order valence-corrected chi connectivity index (χ4v) is 0.998. The molecular weight excluding hydrogens is 196 g/mol. The average molecular weight is 216 g/mol. The lowest BCUT2D eigenvalue weighted by Gasteiger charge is -2.14. The third kappa shape index (κ3) is 9.37. The van der Waals surface area contributed by atoms with E-state index in [2.05, 4.69) is 0 Å². The van der Waals surface area contributed by atoms with Crippen LogP contribution in [-0.2, 0) is 14.3 Å². The van der Waals surface area contributed by atoms with Crippen molar-refractivity contribution in [3.8, 4) is 0 Å². The second-order valence-corrected chi connectivity index (χ2v) is 3.51. The molecule has 0 aromatic rings. The fraction of sp³-hybridized carbons (Fsp3) is 0.800. The first-order chi connectivity index (χ1) is 7.06. The molecule has 2 N–H and O–H groups in total. The molecule has 0 heterocycles. The lowest BCUT2D eigenvalue weighted by atomic mass is 10.2. The lowest BCUT2D eigenvalue weighted by Crippen LogP contribution is -2.29. The summed E-state index contributed by atoms with van der Waals surface area (Å²) >= 11 is 0. The maximum absolute atomic E-state index is 11.1. The lowest BCUT2D eigenvalue weighted by molar-refractivity contribution is -0.145. The Labute approximate surface area is 90.6 Å². The summed E-state index contributed by atoms with van der Waals surface area (Å²) in [5.41, 5.74) is 5.36. The van der Waals surface area contributed by atoms with Gasteiger partial charge in [0.15, 0.2) is 0 Å². The first kappa shape index (κ1) is 14.1. The normalized spacial score (nSPS) is 10.4. The minimum absolute atomic E-state index is 0.00667. The summed E-state index contributed by atoms with van der Waals surface area (Å²) in [7, 11) is 1.91. The molecule has 0 aromatic carbocycles. The second-order valence-electron chi connectivity index (χ2n) is 3.51. The molecule has 0 atom stereocenters. The third-order valence-electron chi connectivity index (χ3n) is 1.93. The summed E-state index contributed by atoms with van der Waals surface area (Å²) in [5.74, 6) is -0.307. The van der Waals surface area contributed by atoms with Crippen LogP contribution < -0.4 is 5.73 Å². The summed E-state index contributed by atoms with van der Waals surface area (Å²) in [4.78, 5) is 23.6. The van der Waals surface area contributed by atoms with Crippen LogP contribution in [0.2, 0.25) is 0 Å². The van der Waals surface area contributed by atoms with Gasteiger partial charge in [-0.1, -0.05) is 0 Å². The van der Waals surface area contributed by atoms with Gasteiger partial charge in [0.1, 0.15) is 12.4 Å². The Bertz CT molecular complexity index is 207. The van der Waals surface area contributed by atoms with Crippen LogP contribution in [0.25, 0.3) is 0 Å². The molecule has 15 heavy (non-hydrogen) atoms. The summed E-state index contributed by atoms with van der Waals surface area (Å²) < 4.78 is 4.94. The van der Waals surface area contributed by atoms with E-state index in [1.165, 1.54) is 6.92 Å². The standard InChI is InChI=1S/C10H20N2O3/c1-9(13)3-4-10(14)15-8-7-12(2)6-5-11/h3-8,11H2,1-2H3. The number of carbonyl (C=O) groups excluding carboxylic acids is 2. The molecule has 0 saturated heterocycles. The van der Waals surface area contributed by atoms with Crippen molar-refractivity contribution in [2.24, 2.45) is 5.73 Å². The van der Waals surface area contributed by atoms with Crippen LogP contribution in [-0.4, -0.2) is 49.9 Å². The van der Waals surface area contributed by atoms with Gasteiger partial charge in [-0.05, 0) is 14.0 Å². The number of Topliss-reactive ketones (excluding diaryl/α,β-unsaturated/α-hetero) is 1. The Morgan fingerprint density at radius 1 is 1.27 bits per heavy atom. The van der Waals surface area contributed by atoms with Crippen LogP contribution in [0.15, 0.2) is 0 Å². The van der Waals surface area contributed by atoms with E-state index in [4.69, 9.17) is 10.5 Å². The molecule has 5 nitrogen and oxygen atoms in total. The third-order valence-corrected chi connectivity index (χ3v) is 1.93. The molecule has 88 valence electrons. The molecule has 0 bridgehead atoms. The Hall–Kier alpha value is -0.940. The number of hydrogen-bond donors (Lipinski definition) is 1. The zero-order valence-corrected chi connectivity index (χ0v) is 9.49. The molecule has 5 heteroatoms. The van der Waals surface area contributed by atoms with Crippen molar-refractivity contribution in [2.45, 2.75) is 19.8 Å². The van der Waals surface area contributed by atoms with Gasteiger partial charge in [-0.3, -0.25) is 4.79 Å². The van der Waals surface area contributed by atoms with Gasteiger partial charge in [0.05, 0.1) is 6.42 Å². The molecule has 0 unspecified atom stereocenters. The molecule has 0 radical (unpaired) electrons. The van der Waals surface area contributed by atoms with Crippen molar-refractivity contribution in [3.05, 3.63) is 0 Å². The number of nitrogens with two attached hydrogens (primary N) is 1. The van der Waals surface area contributed by atoms with Gasteiger partial charge in [0.25, 0.3) is 0 Å². The van der Waals surface area contributed by atoms with Crippen molar-refractivity contribution in [3.63, 3.8) is 0 Å². The van der Waals surface area contributed by atoms with Crippen molar-refractivity contribution in [1.82, 2.24) is 4.90 Å². The number of rotatable bonds is 8. The van der Waals surface area contributed by atoms with Gasteiger partial charge in [0.2, 0.25) is 0 Å². The molecule has 0 rings (SSSR count). The van der Waals surface area contributed by atoms with Gasteiger partial charge in [0, 0.05) is 26.1 Å². The SMILES string of the molecule is CC(=O)CCC(=O)OCCN(C)CCN. The Balaban J connectivity index is 3.42. The number of nitrogens with zero attached hydrogens (tertiary/aromatic N) is 1. The van der Waals surface area contributed by atoms with Crippen LogP contribution in [0.4, 0.5) is 0 Å². The Morgan fingerprint density at radius 3 is 2.47 bits per heavy atom. The minimum atomic E-state index is -0.314. The maximum atomic E-state index is 11.1. The number of ketones is 1. The average Bonchev–Trinajstić information content (AvgIpc) is 2.15. The van der Waals surface area contributed by atoms with Crippen molar-refractivity contribution < 1.29 is 14.3 Å². The van der Waals surface area contributed by atoms with Gasteiger partial charge < -0.3 is 20.2 Å². The predicted molar refractivity (Wildman–Crippen MR) is 57.4 cm³/mol. The first-order valence-electron chi connectivity index (χ1n) is 5.10. The minimum Gasteiger partial charge on any atom is -0.464 e. The number of esters is 1. The van der Waals surface area contributed by atoms with Crippen molar-refractivity contribution >= 4 is 11.8 Å². The fourth-order valence-electron chi connectivity index (χ4n) is 0.998. The maximum Gasteiger partial charge on any atom is 0.306 e. The van der Waals surface area contributed by atoms with Crippen LogP contribution in [0.1, 0.15) is 19.8 Å². The Kier molecular flexibility index (Phi) is 7.85. The number of carbonyl (C=O) groups is 2. The highest BCUT2D eigenvalue weighted by molar-refractivity contribution is 5.80. The van der Waals surface area contributed by atoms with E-state index in [9.17, 15) is 9.59 Å². The van der Waals surface area contributed by atoms with Gasteiger partial charge in [-0.15, -0.1) is 0 Å². The van der Waals surface area contributed by atoms with E-state index in [1.807, 2.05) is 11.9 Å². The molecule has 0 amide bonds. The van der Waals surface area contributed by atoms with E-state index in [0.717, 1.165) is 6.54 Å². The highest BCUT2D eigenvalue weighted by atomic mass is 16.5. The first-order valence-corrected chi connectivity index (χ1v) is 5.10. The molecule has 0 aliphatic heterocycles. The summed E-state index contributed by atoms with van der Waals surface area (Å²) in [6.45, 7) is 3.86. The van der Waals surface area contributed by atoms with Crippen LogP contribution in [0, 0.1) is 0 Å². The van der Waals surface area contributed by atoms with Gasteiger partial charge >= 0.3 is 5.97 Å². The zero-order chi connectivity index (χ0) is 11.7.